The van der Waals surface area contributed by atoms with Gasteiger partial charge in [-0.15, -0.1) is 11.3 Å². The molecule has 2 aromatic carbocycles. The molecule has 0 amide bonds. The van der Waals surface area contributed by atoms with Crippen molar-refractivity contribution in [1.82, 2.24) is 9.97 Å². The van der Waals surface area contributed by atoms with Crippen LogP contribution in [0.4, 0.5) is 11.5 Å². The number of hydrogen-bond acceptors (Lipinski definition) is 5. The van der Waals surface area contributed by atoms with Gasteiger partial charge in [-0.2, -0.15) is 0 Å². The van der Waals surface area contributed by atoms with E-state index in [1.54, 1.807) is 18.2 Å². The summed E-state index contributed by atoms with van der Waals surface area (Å²) in [5, 5.41) is 16.4. The van der Waals surface area contributed by atoms with Crippen LogP contribution in [0.15, 0.2) is 60.0 Å². The molecule has 24 heavy (non-hydrogen) atoms. The predicted molar refractivity (Wildman–Crippen MR) is 99.3 cm³/mol. The number of nitrogens with one attached hydrogen (secondary N) is 1. The van der Waals surface area contributed by atoms with E-state index in [9.17, 15) is 5.11 Å². The number of anilines is 2. The quantitative estimate of drug-likeness (QED) is 0.513. The van der Waals surface area contributed by atoms with Gasteiger partial charge in [-0.25, -0.2) is 9.97 Å². The smallest absolute Gasteiger partial charge is 0.173 e. The van der Waals surface area contributed by atoms with E-state index in [-0.39, 0.29) is 5.75 Å². The average molecular weight is 354 g/mol. The first-order chi connectivity index (χ1) is 11.7. The number of fused-ring (bicyclic) bond motifs is 1. The summed E-state index contributed by atoms with van der Waals surface area (Å²) >= 11 is 7.74. The zero-order chi connectivity index (χ0) is 16.5. The van der Waals surface area contributed by atoms with Crippen LogP contribution in [0.2, 0.25) is 5.02 Å². The fraction of sp³-hybridized carbons (Fsp3) is 0. The number of benzene rings is 2. The van der Waals surface area contributed by atoms with Crippen LogP contribution in [0.3, 0.4) is 0 Å². The maximum absolute atomic E-state index is 9.66. The molecule has 4 aromatic rings. The van der Waals surface area contributed by atoms with E-state index >= 15 is 0 Å². The monoisotopic (exact) mass is 353 g/mol. The SMILES string of the molecule is Oc1cccc(Nc2nc(-c3sccc3Cl)nc3ccccc23)c1. The Balaban J connectivity index is 1.88. The second kappa shape index (κ2) is 6.11. The van der Waals surface area contributed by atoms with Gasteiger partial charge in [0.25, 0.3) is 0 Å². The number of thiophene rings is 1. The Morgan fingerprint density at radius 3 is 2.67 bits per heavy atom. The van der Waals surface area contributed by atoms with E-state index in [4.69, 9.17) is 11.6 Å². The van der Waals surface area contributed by atoms with Crippen LogP contribution in [0.5, 0.6) is 5.75 Å². The summed E-state index contributed by atoms with van der Waals surface area (Å²) in [6.45, 7) is 0. The Morgan fingerprint density at radius 2 is 1.88 bits per heavy atom. The first-order valence-electron chi connectivity index (χ1n) is 7.27. The molecule has 4 nitrogen and oxygen atoms in total. The molecule has 0 unspecified atom stereocenters. The first-order valence-corrected chi connectivity index (χ1v) is 8.53. The second-order valence-electron chi connectivity index (χ2n) is 5.19. The zero-order valence-corrected chi connectivity index (χ0v) is 14.0. The predicted octanol–water partition coefficient (Wildman–Crippen LogP) is 5.46. The van der Waals surface area contributed by atoms with E-state index < -0.39 is 0 Å². The zero-order valence-electron chi connectivity index (χ0n) is 12.4. The lowest BCUT2D eigenvalue weighted by Crippen LogP contribution is -1.98. The summed E-state index contributed by atoms with van der Waals surface area (Å²) in [6.07, 6.45) is 0. The van der Waals surface area contributed by atoms with Gasteiger partial charge in [0.05, 0.1) is 15.4 Å². The van der Waals surface area contributed by atoms with E-state index in [1.165, 1.54) is 11.3 Å². The van der Waals surface area contributed by atoms with Crippen LogP contribution in [-0.4, -0.2) is 15.1 Å². The van der Waals surface area contributed by atoms with Crippen molar-refractivity contribution in [3.63, 3.8) is 0 Å². The minimum absolute atomic E-state index is 0.194. The summed E-state index contributed by atoms with van der Waals surface area (Å²) < 4.78 is 0. The molecule has 0 aliphatic rings. The van der Waals surface area contributed by atoms with E-state index in [0.29, 0.717) is 16.7 Å². The van der Waals surface area contributed by atoms with Crippen molar-refractivity contribution >= 4 is 45.3 Å². The van der Waals surface area contributed by atoms with Crippen molar-refractivity contribution in [2.75, 3.05) is 5.32 Å². The van der Waals surface area contributed by atoms with E-state index in [1.807, 2.05) is 41.8 Å². The van der Waals surface area contributed by atoms with Gasteiger partial charge in [0.2, 0.25) is 0 Å². The molecule has 0 spiro atoms. The lowest BCUT2D eigenvalue weighted by molar-refractivity contribution is 0.475. The third-order valence-corrected chi connectivity index (χ3v) is 4.87. The molecule has 0 bridgehead atoms. The van der Waals surface area contributed by atoms with Crippen LogP contribution < -0.4 is 5.32 Å². The van der Waals surface area contributed by atoms with Gasteiger partial charge in [-0.3, -0.25) is 0 Å². The molecule has 0 aliphatic heterocycles. The summed E-state index contributed by atoms with van der Waals surface area (Å²) in [7, 11) is 0. The molecule has 6 heteroatoms. The van der Waals surface area contributed by atoms with Crippen LogP contribution in [0.25, 0.3) is 21.6 Å². The number of rotatable bonds is 3. The first kappa shape index (κ1) is 14.9. The van der Waals surface area contributed by atoms with Crippen molar-refractivity contribution in [2.45, 2.75) is 0 Å². The van der Waals surface area contributed by atoms with E-state index in [2.05, 4.69) is 15.3 Å². The fourth-order valence-corrected chi connectivity index (χ4v) is 3.52. The van der Waals surface area contributed by atoms with Crippen molar-refractivity contribution in [3.8, 4) is 16.5 Å². The molecule has 118 valence electrons. The number of halogens is 1. The molecule has 0 aliphatic carbocycles. The number of phenolic OH excluding ortho intramolecular Hbond substituents is 1. The summed E-state index contributed by atoms with van der Waals surface area (Å²) in [5.41, 5.74) is 1.58. The lowest BCUT2D eigenvalue weighted by Gasteiger charge is -2.11. The largest absolute Gasteiger partial charge is 0.508 e. The highest BCUT2D eigenvalue weighted by molar-refractivity contribution is 7.14. The molecule has 2 N–H and O–H groups in total. The number of para-hydroxylation sites is 1. The van der Waals surface area contributed by atoms with Crippen LogP contribution in [-0.2, 0) is 0 Å². The van der Waals surface area contributed by atoms with Gasteiger partial charge in [0.1, 0.15) is 11.6 Å². The Bertz CT molecular complexity index is 1030. The maximum atomic E-state index is 9.66. The summed E-state index contributed by atoms with van der Waals surface area (Å²) in [5.74, 6) is 1.45. The molecule has 0 radical (unpaired) electrons. The topological polar surface area (TPSA) is 58.0 Å². The third-order valence-electron chi connectivity index (χ3n) is 3.53. The molecular weight excluding hydrogens is 342 g/mol. The normalized spacial score (nSPS) is 10.9. The Morgan fingerprint density at radius 1 is 1.00 bits per heavy atom. The Kier molecular flexibility index (Phi) is 3.80. The molecule has 2 aromatic heterocycles. The lowest BCUT2D eigenvalue weighted by atomic mass is 10.2. The molecule has 2 heterocycles. The van der Waals surface area contributed by atoms with Crippen molar-refractivity contribution < 1.29 is 5.11 Å². The highest BCUT2D eigenvalue weighted by atomic mass is 35.5. The number of phenols is 1. The second-order valence-corrected chi connectivity index (χ2v) is 6.51. The summed E-state index contributed by atoms with van der Waals surface area (Å²) in [6, 6.07) is 16.5. The maximum Gasteiger partial charge on any atom is 0.173 e. The highest BCUT2D eigenvalue weighted by Crippen LogP contribution is 2.34. The minimum Gasteiger partial charge on any atom is -0.508 e. The Hall–Kier alpha value is -2.63. The van der Waals surface area contributed by atoms with Gasteiger partial charge >= 0.3 is 0 Å². The fourth-order valence-electron chi connectivity index (χ4n) is 2.45. The number of hydrogen-bond donors (Lipinski definition) is 2. The van der Waals surface area contributed by atoms with Crippen LogP contribution >= 0.6 is 22.9 Å². The van der Waals surface area contributed by atoms with E-state index in [0.717, 1.165) is 21.5 Å². The van der Waals surface area contributed by atoms with Crippen LogP contribution in [0, 0.1) is 0 Å². The molecule has 4 rings (SSSR count). The molecular formula is C18H12ClN3OS. The van der Waals surface area contributed by atoms with Crippen molar-refractivity contribution in [2.24, 2.45) is 0 Å². The third kappa shape index (κ3) is 2.79. The van der Waals surface area contributed by atoms with Crippen LogP contribution in [0.1, 0.15) is 0 Å². The number of aromatic hydroxyl groups is 1. The Labute approximate surface area is 147 Å². The highest BCUT2D eigenvalue weighted by Gasteiger charge is 2.13. The minimum atomic E-state index is 0.194. The average Bonchev–Trinajstić information content (AvgIpc) is 3.01. The standard InChI is InChI=1S/C18H12ClN3OS/c19-14-8-9-24-16(14)18-21-15-7-2-1-6-13(15)17(22-18)20-11-4-3-5-12(23)10-11/h1-10,23H,(H,20,21,22). The molecule has 0 atom stereocenters. The number of aromatic nitrogens is 2. The molecule has 0 saturated carbocycles. The molecule has 0 saturated heterocycles. The summed E-state index contributed by atoms with van der Waals surface area (Å²) in [4.78, 5) is 10.1. The van der Waals surface area contributed by atoms with Gasteiger partial charge in [0.15, 0.2) is 5.82 Å². The van der Waals surface area contributed by atoms with Gasteiger partial charge in [-0.05, 0) is 35.7 Å². The van der Waals surface area contributed by atoms with Gasteiger partial charge in [-0.1, -0.05) is 29.8 Å². The molecule has 0 fully saturated rings. The number of nitrogens with zero attached hydrogens (tertiary/aromatic N) is 2. The van der Waals surface area contributed by atoms with Gasteiger partial charge in [0, 0.05) is 17.1 Å². The van der Waals surface area contributed by atoms with Crippen molar-refractivity contribution in [3.05, 3.63) is 65.0 Å². The van der Waals surface area contributed by atoms with Gasteiger partial charge < -0.3 is 10.4 Å². The van der Waals surface area contributed by atoms with Crippen molar-refractivity contribution in [1.29, 1.82) is 0 Å².